The second-order valence-electron chi connectivity index (χ2n) is 13.0. The van der Waals surface area contributed by atoms with Crippen molar-refractivity contribution in [3.8, 4) is 27.9 Å². The lowest BCUT2D eigenvalue weighted by Gasteiger charge is -2.26. The zero-order chi connectivity index (χ0) is 33.7. The number of rotatable bonds is 6. The molecule has 0 radical (unpaired) electrons. The van der Waals surface area contributed by atoms with Gasteiger partial charge in [-0.25, -0.2) is 0 Å². The van der Waals surface area contributed by atoms with Crippen molar-refractivity contribution >= 4 is 60.8 Å². The molecule has 10 rings (SSSR count). The van der Waals surface area contributed by atoms with Gasteiger partial charge in [0, 0.05) is 44.3 Å². The van der Waals surface area contributed by atoms with Crippen LogP contribution in [0.2, 0.25) is 0 Å². The Kier molecular flexibility index (Phi) is 6.81. The van der Waals surface area contributed by atoms with Crippen LogP contribution in [0, 0.1) is 0 Å². The van der Waals surface area contributed by atoms with Crippen molar-refractivity contribution in [1.29, 1.82) is 0 Å². The molecule has 2 aromatic heterocycles. The highest BCUT2D eigenvalue weighted by molar-refractivity contribution is 6.16. The molecule has 0 aliphatic heterocycles. The second-order valence-corrected chi connectivity index (χ2v) is 13.0. The largest absolute Gasteiger partial charge is 0.456 e. The van der Waals surface area contributed by atoms with E-state index in [1.54, 1.807) is 0 Å². The lowest BCUT2D eigenvalue weighted by Crippen LogP contribution is -2.10. The molecule has 51 heavy (non-hydrogen) atoms. The van der Waals surface area contributed by atoms with Crippen LogP contribution in [0.1, 0.15) is 0 Å². The molecule has 0 bridgehead atoms. The summed E-state index contributed by atoms with van der Waals surface area (Å²) >= 11 is 0. The van der Waals surface area contributed by atoms with Crippen LogP contribution < -0.4 is 4.90 Å². The highest BCUT2D eigenvalue weighted by atomic mass is 16.3. The smallest absolute Gasteiger partial charge is 0.136 e. The SMILES string of the molecule is c1ccc(-c2cccc3c2c2ccc(N(c4ccccc4)c4ccc(-c5ccc6c(c5)oc5ccccc56)cc4)cc2n3-c2ccccc2)cc1. The van der Waals surface area contributed by atoms with Gasteiger partial charge in [-0.2, -0.15) is 0 Å². The Morgan fingerprint density at radius 3 is 1.80 bits per heavy atom. The molecule has 10 aromatic rings. The number of benzene rings is 8. The Morgan fingerprint density at radius 1 is 0.373 bits per heavy atom. The molecule has 0 saturated carbocycles. The molecule has 3 heteroatoms. The molecule has 0 aliphatic rings. The lowest BCUT2D eigenvalue weighted by molar-refractivity contribution is 0.669. The van der Waals surface area contributed by atoms with Gasteiger partial charge in [-0.3, -0.25) is 0 Å². The van der Waals surface area contributed by atoms with Gasteiger partial charge in [0.2, 0.25) is 0 Å². The summed E-state index contributed by atoms with van der Waals surface area (Å²) in [6, 6.07) is 69.2. The van der Waals surface area contributed by atoms with Crippen LogP contribution in [0.5, 0.6) is 0 Å². The van der Waals surface area contributed by atoms with E-state index in [1.807, 2.05) is 12.1 Å². The van der Waals surface area contributed by atoms with Crippen LogP contribution >= 0.6 is 0 Å². The zero-order valence-electron chi connectivity index (χ0n) is 27.8. The van der Waals surface area contributed by atoms with Gasteiger partial charge in [0.15, 0.2) is 0 Å². The summed E-state index contributed by atoms with van der Waals surface area (Å²) in [6.45, 7) is 0. The standard InChI is InChI=1S/C48H32N2O/c1-4-13-34(14-5-1)40-20-12-21-44-48(40)43-30-28-39(32-45(43)50(44)37-17-8-3-9-18-37)49(36-15-6-2-7-16-36)38-26-23-33(24-27-38)35-25-29-42-41-19-10-11-22-46(41)51-47(42)31-35/h1-32H. The van der Waals surface area contributed by atoms with E-state index in [0.29, 0.717) is 0 Å². The molecule has 8 aromatic carbocycles. The average Bonchev–Trinajstić information content (AvgIpc) is 3.74. The van der Waals surface area contributed by atoms with Gasteiger partial charge in [0.25, 0.3) is 0 Å². The maximum Gasteiger partial charge on any atom is 0.136 e. The van der Waals surface area contributed by atoms with E-state index in [0.717, 1.165) is 61.3 Å². The molecular weight excluding hydrogens is 621 g/mol. The monoisotopic (exact) mass is 652 g/mol. The van der Waals surface area contributed by atoms with Crippen molar-refractivity contribution in [3.63, 3.8) is 0 Å². The first-order chi connectivity index (χ1) is 25.3. The number of fused-ring (bicyclic) bond motifs is 6. The number of hydrogen-bond donors (Lipinski definition) is 0. The van der Waals surface area contributed by atoms with Crippen molar-refractivity contribution in [2.45, 2.75) is 0 Å². The number of aromatic nitrogens is 1. The number of anilines is 3. The summed E-state index contributed by atoms with van der Waals surface area (Å²) in [5.74, 6) is 0. The predicted molar refractivity (Wildman–Crippen MR) is 214 cm³/mol. The van der Waals surface area contributed by atoms with E-state index in [-0.39, 0.29) is 0 Å². The third-order valence-electron chi connectivity index (χ3n) is 9.98. The molecular formula is C48H32N2O. The molecule has 0 fully saturated rings. The first-order valence-corrected chi connectivity index (χ1v) is 17.4. The number of hydrogen-bond acceptors (Lipinski definition) is 2. The predicted octanol–water partition coefficient (Wildman–Crippen LogP) is 13.5. The molecule has 0 aliphatic carbocycles. The highest BCUT2D eigenvalue weighted by Gasteiger charge is 2.20. The van der Waals surface area contributed by atoms with Crippen molar-refractivity contribution < 1.29 is 4.42 Å². The van der Waals surface area contributed by atoms with Gasteiger partial charge in [0.05, 0.1) is 11.0 Å². The molecule has 3 nitrogen and oxygen atoms in total. The summed E-state index contributed by atoms with van der Waals surface area (Å²) in [6.07, 6.45) is 0. The van der Waals surface area contributed by atoms with Crippen LogP contribution in [0.3, 0.4) is 0 Å². The average molecular weight is 653 g/mol. The van der Waals surface area contributed by atoms with Gasteiger partial charge in [-0.05, 0) is 95.1 Å². The maximum absolute atomic E-state index is 6.21. The fraction of sp³-hybridized carbons (Fsp3) is 0. The maximum atomic E-state index is 6.21. The third kappa shape index (κ3) is 4.90. The number of para-hydroxylation sites is 3. The quantitative estimate of drug-likeness (QED) is 0.178. The molecule has 0 saturated heterocycles. The van der Waals surface area contributed by atoms with E-state index < -0.39 is 0 Å². The van der Waals surface area contributed by atoms with Gasteiger partial charge >= 0.3 is 0 Å². The van der Waals surface area contributed by atoms with E-state index in [2.05, 4.69) is 191 Å². The van der Waals surface area contributed by atoms with Crippen LogP contribution in [-0.4, -0.2) is 4.57 Å². The summed E-state index contributed by atoms with van der Waals surface area (Å²) < 4.78 is 8.62. The first-order valence-electron chi connectivity index (χ1n) is 17.4. The molecule has 240 valence electrons. The molecule has 0 N–H and O–H groups in total. The molecule has 0 atom stereocenters. The number of furan rings is 1. The normalized spacial score (nSPS) is 11.5. The Labute approximate surface area is 295 Å². The van der Waals surface area contributed by atoms with Crippen molar-refractivity contribution in [1.82, 2.24) is 4.57 Å². The Hall–Kier alpha value is -6.84. The Bertz CT molecular complexity index is 2830. The molecule has 2 heterocycles. The summed E-state index contributed by atoms with van der Waals surface area (Å²) in [5, 5.41) is 4.76. The molecule has 0 amide bonds. The summed E-state index contributed by atoms with van der Waals surface area (Å²) in [7, 11) is 0. The van der Waals surface area contributed by atoms with E-state index in [1.165, 1.54) is 27.4 Å². The van der Waals surface area contributed by atoms with Crippen molar-refractivity contribution in [3.05, 3.63) is 194 Å². The Morgan fingerprint density at radius 2 is 1.00 bits per heavy atom. The van der Waals surface area contributed by atoms with E-state index in [9.17, 15) is 0 Å². The highest BCUT2D eigenvalue weighted by Crippen LogP contribution is 2.43. The Balaban J connectivity index is 1.13. The first kappa shape index (κ1) is 29.1. The zero-order valence-corrected chi connectivity index (χ0v) is 27.8. The van der Waals surface area contributed by atoms with E-state index >= 15 is 0 Å². The summed E-state index contributed by atoms with van der Waals surface area (Å²) in [4.78, 5) is 2.34. The minimum atomic E-state index is 0.904. The van der Waals surface area contributed by atoms with Crippen LogP contribution in [0.25, 0.3) is 71.7 Å². The minimum absolute atomic E-state index is 0.904. The van der Waals surface area contributed by atoms with Gasteiger partial charge < -0.3 is 13.9 Å². The fourth-order valence-corrected chi connectivity index (χ4v) is 7.64. The fourth-order valence-electron chi connectivity index (χ4n) is 7.64. The van der Waals surface area contributed by atoms with E-state index in [4.69, 9.17) is 4.42 Å². The van der Waals surface area contributed by atoms with Crippen molar-refractivity contribution in [2.24, 2.45) is 0 Å². The van der Waals surface area contributed by atoms with Crippen LogP contribution in [0.4, 0.5) is 17.1 Å². The van der Waals surface area contributed by atoms with Crippen molar-refractivity contribution in [2.75, 3.05) is 4.90 Å². The van der Waals surface area contributed by atoms with Crippen LogP contribution in [0.15, 0.2) is 199 Å². The summed E-state index contributed by atoms with van der Waals surface area (Å²) in [5.41, 5.74) is 13.3. The number of nitrogens with zero attached hydrogens (tertiary/aromatic N) is 2. The topological polar surface area (TPSA) is 21.3 Å². The second kappa shape index (κ2) is 11.9. The molecule has 0 unspecified atom stereocenters. The van der Waals surface area contributed by atoms with Gasteiger partial charge in [-0.15, -0.1) is 0 Å². The van der Waals surface area contributed by atoms with Gasteiger partial charge in [0.1, 0.15) is 11.2 Å². The third-order valence-corrected chi connectivity index (χ3v) is 9.98. The van der Waals surface area contributed by atoms with Crippen LogP contribution in [-0.2, 0) is 0 Å². The lowest BCUT2D eigenvalue weighted by atomic mass is 9.99. The minimum Gasteiger partial charge on any atom is -0.456 e. The van der Waals surface area contributed by atoms with Gasteiger partial charge in [-0.1, -0.05) is 121 Å². The molecule has 0 spiro atoms.